The van der Waals surface area contributed by atoms with Gasteiger partial charge in [-0.25, -0.2) is 0 Å². The predicted molar refractivity (Wildman–Crippen MR) is 80.6 cm³/mol. The lowest BCUT2D eigenvalue weighted by atomic mass is 9.94. The number of halogens is 3. The molecular formula is C17H21F3N2O. The minimum atomic E-state index is -4.31. The molecule has 3 aliphatic heterocycles. The smallest absolute Gasteiger partial charge is 0.341 e. The van der Waals surface area contributed by atoms with Crippen molar-refractivity contribution in [3.8, 4) is 0 Å². The number of fused-ring (bicyclic) bond motifs is 4. The molecule has 3 saturated heterocycles. The summed E-state index contributed by atoms with van der Waals surface area (Å²) in [4.78, 5) is 15.8. The second kappa shape index (κ2) is 6.15. The van der Waals surface area contributed by atoms with E-state index in [1.54, 1.807) is 13.0 Å². The summed E-state index contributed by atoms with van der Waals surface area (Å²) in [6, 6.07) is 5.80. The van der Waals surface area contributed by atoms with Gasteiger partial charge in [0.05, 0.1) is 5.56 Å². The van der Waals surface area contributed by atoms with E-state index < -0.39 is 11.7 Å². The number of carbonyl (C=O) groups is 1. The van der Waals surface area contributed by atoms with Crippen LogP contribution in [0.4, 0.5) is 13.2 Å². The summed E-state index contributed by atoms with van der Waals surface area (Å²) in [5.74, 6) is 0.506. The van der Waals surface area contributed by atoms with Crippen molar-refractivity contribution in [3.63, 3.8) is 0 Å². The highest BCUT2D eigenvalue weighted by atomic mass is 19.4. The summed E-state index contributed by atoms with van der Waals surface area (Å²) >= 11 is 0. The average Bonchev–Trinajstić information content (AvgIpc) is 2.78. The first-order chi connectivity index (χ1) is 10.8. The first-order valence-electron chi connectivity index (χ1n) is 7.98. The largest absolute Gasteiger partial charge is 0.416 e. The van der Waals surface area contributed by atoms with E-state index in [1.165, 1.54) is 12.1 Å². The number of alkyl halides is 3. The zero-order valence-corrected chi connectivity index (χ0v) is 13.1. The second-order valence-electron chi connectivity index (χ2n) is 6.65. The second-order valence-corrected chi connectivity index (χ2v) is 6.65. The van der Waals surface area contributed by atoms with Crippen molar-refractivity contribution < 1.29 is 18.0 Å². The van der Waals surface area contributed by atoms with E-state index in [4.69, 9.17) is 0 Å². The molecule has 2 bridgehead atoms. The molecule has 0 radical (unpaired) electrons. The molecule has 0 aliphatic carbocycles. The van der Waals surface area contributed by atoms with Crippen LogP contribution in [0.2, 0.25) is 0 Å². The third kappa shape index (κ3) is 3.68. The Kier molecular flexibility index (Phi) is 4.36. The van der Waals surface area contributed by atoms with Crippen molar-refractivity contribution in [2.24, 2.45) is 5.92 Å². The molecule has 0 saturated carbocycles. The van der Waals surface area contributed by atoms with Crippen molar-refractivity contribution in [1.29, 1.82) is 0 Å². The van der Waals surface area contributed by atoms with Crippen LogP contribution in [0.25, 0.3) is 0 Å². The molecule has 3 fully saturated rings. The van der Waals surface area contributed by atoms with Gasteiger partial charge in [0.1, 0.15) is 0 Å². The standard InChI is InChI=1S/C17H21F3N2O/c1-12(23)21-9-14-5-6-16(11-21)22(10-14)8-13-3-2-4-15(7-13)17(18,19)20/h2-4,7,14,16H,5-6,8-11H2,1H3/t14-,16+/m1/s1. The van der Waals surface area contributed by atoms with Gasteiger partial charge >= 0.3 is 6.18 Å². The van der Waals surface area contributed by atoms with E-state index in [0.29, 0.717) is 24.6 Å². The summed E-state index contributed by atoms with van der Waals surface area (Å²) in [6.07, 6.45) is -2.21. The SMILES string of the molecule is CC(=O)N1C[C@H]2CC[C@@H](C1)N(Cc1cccc(C(F)(F)F)c1)C2. The van der Waals surface area contributed by atoms with E-state index >= 15 is 0 Å². The lowest BCUT2D eigenvalue weighted by Crippen LogP contribution is -2.43. The molecule has 3 heterocycles. The molecule has 4 rings (SSSR count). The van der Waals surface area contributed by atoms with Gasteiger partial charge in [-0.3, -0.25) is 9.69 Å². The van der Waals surface area contributed by atoms with E-state index in [1.807, 2.05) is 4.90 Å². The van der Waals surface area contributed by atoms with E-state index in [-0.39, 0.29) is 11.9 Å². The zero-order valence-electron chi connectivity index (χ0n) is 13.1. The number of benzene rings is 1. The number of amides is 1. The first kappa shape index (κ1) is 16.3. The van der Waals surface area contributed by atoms with Crippen LogP contribution in [-0.2, 0) is 17.5 Å². The molecule has 2 atom stereocenters. The van der Waals surface area contributed by atoms with Crippen LogP contribution in [0.15, 0.2) is 24.3 Å². The molecular weight excluding hydrogens is 305 g/mol. The summed E-state index contributed by atoms with van der Waals surface area (Å²) < 4.78 is 38.5. The third-order valence-corrected chi connectivity index (χ3v) is 4.91. The third-order valence-electron chi connectivity index (χ3n) is 4.91. The summed E-state index contributed by atoms with van der Waals surface area (Å²) in [7, 11) is 0. The van der Waals surface area contributed by atoms with Gasteiger partial charge in [-0.15, -0.1) is 0 Å². The molecule has 126 valence electrons. The summed E-state index contributed by atoms with van der Waals surface area (Å²) in [5.41, 5.74) is 0.0853. The van der Waals surface area contributed by atoms with Gasteiger partial charge < -0.3 is 4.90 Å². The fourth-order valence-electron chi connectivity index (χ4n) is 3.71. The van der Waals surface area contributed by atoms with Gasteiger partial charge in [-0.1, -0.05) is 18.2 Å². The molecule has 0 aromatic heterocycles. The first-order valence-corrected chi connectivity index (χ1v) is 7.98. The fourth-order valence-corrected chi connectivity index (χ4v) is 3.71. The van der Waals surface area contributed by atoms with Crippen molar-refractivity contribution >= 4 is 5.91 Å². The minimum absolute atomic E-state index is 0.0859. The number of rotatable bonds is 2. The Bertz CT molecular complexity index is 587. The van der Waals surface area contributed by atoms with Crippen LogP contribution in [0.5, 0.6) is 0 Å². The van der Waals surface area contributed by atoms with E-state index in [9.17, 15) is 18.0 Å². The predicted octanol–water partition coefficient (Wildman–Crippen LogP) is 3.15. The van der Waals surface area contributed by atoms with Gasteiger partial charge in [0, 0.05) is 39.1 Å². The minimum Gasteiger partial charge on any atom is -0.341 e. The van der Waals surface area contributed by atoms with Crippen molar-refractivity contribution in [3.05, 3.63) is 35.4 Å². The van der Waals surface area contributed by atoms with E-state index in [0.717, 1.165) is 32.0 Å². The molecule has 6 heteroatoms. The monoisotopic (exact) mass is 326 g/mol. The number of piperidine rings is 1. The number of nitrogens with zero attached hydrogens (tertiary/aromatic N) is 2. The average molecular weight is 326 g/mol. The quantitative estimate of drug-likeness (QED) is 0.833. The highest BCUT2D eigenvalue weighted by molar-refractivity contribution is 5.73. The van der Waals surface area contributed by atoms with Gasteiger partial charge in [-0.2, -0.15) is 13.2 Å². The van der Waals surface area contributed by atoms with Gasteiger partial charge in [-0.05, 0) is 30.4 Å². The topological polar surface area (TPSA) is 23.6 Å². The molecule has 0 unspecified atom stereocenters. The Hall–Kier alpha value is -1.56. The Morgan fingerprint density at radius 3 is 2.70 bits per heavy atom. The van der Waals surface area contributed by atoms with Crippen LogP contribution in [-0.4, -0.2) is 41.4 Å². The van der Waals surface area contributed by atoms with E-state index in [2.05, 4.69) is 4.90 Å². The molecule has 1 amide bonds. The maximum Gasteiger partial charge on any atom is 0.416 e. The summed E-state index contributed by atoms with van der Waals surface area (Å²) in [6.45, 7) is 4.40. The van der Waals surface area contributed by atoms with Crippen molar-refractivity contribution in [2.75, 3.05) is 19.6 Å². The Morgan fingerprint density at radius 1 is 1.22 bits per heavy atom. The maximum atomic E-state index is 12.8. The van der Waals surface area contributed by atoms with Crippen LogP contribution >= 0.6 is 0 Å². The van der Waals surface area contributed by atoms with Crippen molar-refractivity contribution in [1.82, 2.24) is 9.80 Å². The molecule has 3 nitrogen and oxygen atoms in total. The highest BCUT2D eigenvalue weighted by Crippen LogP contribution is 2.32. The van der Waals surface area contributed by atoms with Crippen LogP contribution in [0, 0.1) is 5.92 Å². The van der Waals surface area contributed by atoms with Crippen LogP contribution in [0.3, 0.4) is 0 Å². The zero-order chi connectivity index (χ0) is 16.6. The van der Waals surface area contributed by atoms with Gasteiger partial charge in [0.15, 0.2) is 0 Å². The Labute approximate surface area is 134 Å². The van der Waals surface area contributed by atoms with Crippen LogP contribution in [0.1, 0.15) is 30.9 Å². The van der Waals surface area contributed by atoms with Gasteiger partial charge in [0.2, 0.25) is 5.91 Å². The lowest BCUT2D eigenvalue weighted by molar-refractivity contribution is -0.137. The molecule has 0 spiro atoms. The maximum absolute atomic E-state index is 12.8. The number of hydrogen-bond acceptors (Lipinski definition) is 2. The summed E-state index contributed by atoms with van der Waals surface area (Å²) in [5, 5.41) is 0. The lowest BCUT2D eigenvalue weighted by Gasteiger charge is -2.36. The fraction of sp³-hybridized carbons (Fsp3) is 0.588. The Balaban J connectivity index is 1.75. The normalized spacial score (nSPS) is 25.5. The van der Waals surface area contributed by atoms with Gasteiger partial charge in [0.25, 0.3) is 0 Å². The molecule has 1 aromatic rings. The molecule has 1 aromatic carbocycles. The highest BCUT2D eigenvalue weighted by Gasteiger charge is 2.36. The Morgan fingerprint density at radius 2 is 2.00 bits per heavy atom. The van der Waals surface area contributed by atoms with Crippen molar-refractivity contribution in [2.45, 2.75) is 38.5 Å². The number of hydrogen-bond donors (Lipinski definition) is 0. The molecule has 3 aliphatic rings. The molecule has 23 heavy (non-hydrogen) atoms. The number of carbonyl (C=O) groups excluding carboxylic acids is 1. The molecule has 0 N–H and O–H groups in total. The van der Waals surface area contributed by atoms with Crippen LogP contribution < -0.4 is 0 Å².